The minimum absolute atomic E-state index is 0.105. The average Bonchev–Trinajstić information content (AvgIpc) is 3.19. The molecule has 0 saturated heterocycles. The molecule has 0 aliphatic carbocycles. The summed E-state index contributed by atoms with van der Waals surface area (Å²) in [4.78, 5) is 10.1. The fourth-order valence-corrected chi connectivity index (χ4v) is 5.14. The van der Waals surface area contributed by atoms with Crippen molar-refractivity contribution in [3.63, 3.8) is 0 Å². The van der Waals surface area contributed by atoms with E-state index in [0.717, 1.165) is 29.2 Å². The maximum absolute atomic E-state index is 6.08. The van der Waals surface area contributed by atoms with Crippen LogP contribution >= 0.6 is 11.8 Å². The SMILES string of the molecule is CC(C)(C)Sc1cn(Cc2ccc(-c3ccccn3)cc2)c2ccc(OCc3ccccn3)cc12. The van der Waals surface area contributed by atoms with Crippen molar-refractivity contribution in [2.45, 2.75) is 43.6 Å². The second-order valence-electron chi connectivity index (χ2n) is 9.54. The number of rotatable bonds is 7. The van der Waals surface area contributed by atoms with Crippen LogP contribution < -0.4 is 4.74 Å². The van der Waals surface area contributed by atoms with Crippen LogP contribution in [0.5, 0.6) is 5.75 Å². The van der Waals surface area contributed by atoms with Crippen molar-refractivity contribution < 1.29 is 4.74 Å². The monoisotopic (exact) mass is 479 g/mol. The van der Waals surface area contributed by atoms with Gasteiger partial charge < -0.3 is 9.30 Å². The Labute approximate surface area is 211 Å². The highest BCUT2D eigenvalue weighted by Gasteiger charge is 2.18. The van der Waals surface area contributed by atoms with Gasteiger partial charge in [-0.05, 0) is 48.0 Å². The zero-order chi connectivity index (χ0) is 24.3. The van der Waals surface area contributed by atoms with Crippen LogP contribution in [0.3, 0.4) is 0 Å². The van der Waals surface area contributed by atoms with Gasteiger partial charge in [0.2, 0.25) is 0 Å². The molecule has 0 saturated carbocycles. The van der Waals surface area contributed by atoms with Crippen LogP contribution in [0.2, 0.25) is 0 Å². The number of pyridine rings is 2. The summed E-state index contributed by atoms with van der Waals surface area (Å²) < 4.78 is 8.52. The number of ether oxygens (including phenoxy) is 1. The smallest absolute Gasteiger partial charge is 0.130 e. The molecule has 3 aromatic heterocycles. The van der Waals surface area contributed by atoms with Crippen molar-refractivity contribution in [2.24, 2.45) is 0 Å². The molecule has 5 aromatic rings. The topological polar surface area (TPSA) is 39.9 Å². The van der Waals surface area contributed by atoms with Crippen LogP contribution in [0.4, 0.5) is 0 Å². The van der Waals surface area contributed by atoms with E-state index in [1.165, 1.54) is 21.4 Å². The van der Waals surface area contributed by atoms with Gasteiger partial charge in [0.25, 0.3) is 0 Å². The van der Waals surface area contributed by atoms with E-state index >= 15 is 0 Å². The Morgan fingerprint density at radius 3 is 2.31 bits per heavy atom. The number of nitrogens with zero attached hydrogens (tertiary/aromatic N) is 3. The zero-order valence-corrected chi connectivity index (χ0v) is 21.1. The first-order valence-electron chi connectivity index (χ1n) is 11.8. The molecule has 0 aliphatic heterocycles. The van der Waals surface area contributed by atoms with Gasteiger partial charge in [-0.15, -0.1) is 11.8 Å². The zero-order valence-electron chi connectivity index (χ0n) is 20.3. The van der Waals surface area contributed by atoms with Crippen molar-refractivity contribution in [3.8, 4) is 17.0 Å². The van der Waals surface area contributed by atoms with E-state index in [4.69, 9.17) is 4.74 Å². The van der Waals surface area contributed by atoms with E-state index in [1.807, 2.05) is 54.4 Å². The highest BCUT2D eigenvalue weighted by molar-refractivity contribution is 8.00. The third-order valence-electron chi connectivity index (χ3n) is 5.61. The second kappa shape index (κ2) is 9.96. The summed E-state index contributed by atoms with van der Waals surface area (Å²) in [5.41, 5.74) is 5.50. The molecule has 2 aromatic carbocycles. The van der Waals surface area contributed by atoms with Crippen LogP contribution in [0, 0.1) is 0 Å². The Morgan fingerprint density at radius 1 is 0.857 bits per heavy atom. The minimum Gasteiger partial charge on any atom is -0.487 e. The molecular formula is C30H29N3OS. The third-order valence-corrected chi connectivity index (χ3v) is 6.77. The van der Waals surface area contributed by atoms with Gasteiger partial charge in [-0.3, -0.25) is 9.97 Å². The molecule has 0 radical (unpaired) electrons. The number of hydrogen-bond donors (Lipinski definition) is 0. The van der Waals surface area contributed by atoms with Crippen LogP contribution in [0.25, 0.3) is 22.2 Å². The highest BCUT2D eigenvalue weighted by atomic mass is 32.2. The van der Waals surface area contributed by atoms with Gasteiger partial charge in [0.15, 0.2) is 0 Å². The first kappa shape index (κ1) is 23.2. The largest absolute Gasteiger partial charge is 0.487 e. The molecule has 3 heterocycles. The fourth-order valence-electron chi connectivity index (χ4n) is 4.03. The molecule has 5 heteroatoms. The van der Waals surface area contributed by atoms with Crippen LogP contribution in [-0.2, 0) is 13.2 Å². The van der Waals surface area contributed by atoms with E-state index in [9.17, 15) is 0 Å². The number of benzene rings is 2. The summed E-state index contributed by atoms with van der Waals surface area (Å²) in [5, 5.41) is 1.22. The lowest BCUT2D eigenvalue weighted by Gasteiger charge is -2.16. The molecule has 0 fully saturated rings. The Balaban J connectivity index is 1.42. The van der Waals surface area contributed by atoms with Crippen molar-refractivity contribution in [1.82, 2.24) is 14.5 Å². The first-order valence-corrected chi connectivity index (χ1v) is 12.6. The maximum atomic E-state index is 6.08. The molecule has 4 nitrogen and oxygen atoms in total. The van der Waals surface area contributed by atoms with E-state index in [0.29, 0.717) is 6.61 Å². The molecule has 0 bridgehead atoms. The third kappa shape index (κ3) is 5.75. The van der Waals surface area contributed by atoms with Crippen LogP contribution in [0.1, 0.15) is 32.0 Å². The van der Waals surface area contributed by atoms with E-state index in [1.54, 1.807) is 6.20 Å². The van der Waals surface area contributed by atoms with Crippen LogP contribution in [-0.4, -0.2) is 19.3 Å². The summed E-state index contributed by atoms with van der Waals surface area (Å²) in [6, 6.07) is 26.9. The van der Waals surface area contributed by atoms with Gasteiger partial charge in [-0.2, -0.15) is 0 Å². The highest BCUT2D eigenvalue weighted by Crippen LogP contribution is 2.39. The second-order valence-corrected chi connectivity index (χ2v) is 11.4. The van der Waals surface area contributed by atoms with E-state index in [-0.39, 0.29) is 4.75 Å². The van der Waals surface area contributed by atoms with Crippen molar-refractivity contribution in [3.05, 3.63) is 109 Å². The summed E-state index contributed by atoms with van der Waals surface area (Å²) >= 11 is 1.89. The predicted molar refractivity (Wildman–Crippen MR) is 145 cm³/mol. The number of fused-ring (bicyclic) bond motifs is 1. The lowest BCUT2D eigenvalue weighted by atomic mass is 10.1. The van der Waals surface area contributed by atoms with E-state index in [2.05, 4.69) is 84.0 Å². The minimum atomic E-state index is 0.105. The number of aromatic nitrogens is 3. The van der Waals surface area contributed by atoms with Gasteiger partial charge in [0, 0.05) is 51.2 Å². The molecule has 35 heavy (non-hydrogen) atoms. The Kier molecular flexibility index (Phi) is 6.60. The van der Waals surface area contributed by atoms with Crippen molar-refractivity contribution >= 4 is 22.7 Å². The Hall–Kier alpha value is -3.57. The standard InChI is InChI=1S/C30H29N3OS/c1-30(2,3)35-29-20-33(19-22-10-12-23(13-11-22)27-9-5-7-17-32-27)28-15-14-25(18-26(28)29)34-21-24-8-4-6-16-31-24/h4-18,20H,19,21H2,1-3H3. The quantitative estimate of drug-likeness (QED) is 0.225. The summed E-state index contributed by atoms with van der Waals surface area (Å²) in [7, 11) is 0. The first-order chi connectivity index (χ1) is 16.9. The normalized spacial score (nSPS) is 11.6. The Bertz CT molecular complexity index is 1410. The number of hydrogen-bond acceptors (Lipinski definition) is 4. The van der Waals surface area contributed by atoms with Crippen molar-refractivity contribution in [2.75, 3.05) is 0 Å². The Morgan fingerprint density at radius 2 is 1.63 bits per heavy atom. The lowest BCUT2D eigenvalue weighted by Crippen LogP contribution is -2.06. The molecular weight excluding hydrogens is 450 g/mol. The predicted octanol–water partition coefficient (Wildman–Crippen LogP) is 7.62. The summed E-state index contributed by atoms with van der Waals surface area (Å²) in [6.45, 7) is 8.01. The summed E-state index contributed by atoms with van der Waals surface area (Å²) in [5.74, 6) is 0.858. The van der Waals surface area contributed by atoms with Gasteiger partial charge in [-0.1, -0.05) is 57.2 Å². The molecule has 0 N–H and O–H groups in total. The van der Waals surface area contributed by atoms with Gasteiger partial charge in [0.1, 0.15) is 12.4 Å². The molecule has 176 valence electrons. The molecule has 0 amide bonds. The average molecular weight is 480 g/mol. The lowest BCUT2D eigenvalue weighted by molar-refractivity contribution is 0.301. The molecule has 0 atom stereocenters. The molecule has 5 rings (SSSR count). The van der Waals surface area contributed by atoms with Crippen LogP contribution in [0.15, 0.2) is 102 Å². The maximum Gasteiger partial charge on any atom is 0.130 e. The van der Waals surface area contributed by atoms with Gasteiger partial charge in [0.05, 0.1) is 11.4 Å². The van der Waals surface area contributed by atoms with Crippen molar-refractivity contribution in [1.29, 1.82) is 0 Å². The van der Waals surface area contributed by atoms with Gasteiger partial charge in [-0.25, -0.2) is 0 Å². The van der Waals surface area contributed by atoms with Gasteiger partial charge >= 0.3 is 0 Å². The molecule has 0 aliphatic rings. The number of thioether (sulfide) groups is 1. The molecule has 0 unspecified atom stereocenters. The fraction of sp³-hybridized carbons (Fsp3) is 0.200. The van der Waals surface area contributed by atoms with E-state index < -0.39 is 0 Å². The summed E-state index contributed by atoms with van der Waals surface area (Å²) in [6.07, 6.45) is 5.90. The molecule has 0 spiro atoms.